The summed E-state index contributed by atoms with van der Waals surface area (Å²) in [7, 11) is -3.98. The van der Waals surface area contributed by atoms with Gasteiger partial charge in [-0.3, -0.25) is 19.7 Å². The Morgan fingerprint density at radius 2 is 1.83 bits per heavy atom. The molecule has 0 unspecified atom stereocenters. The zero-order chi connectivity index (χ0) is 22.5. The number of halogens is 1. The Kier molecular flexibility index (Phi) is 7.19. The number of ether oxygens (including phenoxy) is 1. The van der Waals surface area contributed by atoms with Crippen molar-refractivity contribution < 1.29 is 32.1 Å². The van der Waals surface area contributed by atoms with E-state index in [4.69, 9.17) is 4.74 Å². The fourth-order valence-corrected chi connectivity index (χ4v) is 3.45. The quantitative estimate of drug-likeness (QED) is 0.363. The molecule has 0 fully saturated rings. The number of nitrogens with one attached hydrogen (secondary N) is 2. The maximum Gasteiger partial charge on any atom is 0.324 e. The molecule has 2 aromatic carbocycles. The lowest BCUT2D eigenvalue weighted by Gasteiger charge is -2.14. The first-order chi connectivity index (χ1) is 14.0. The normalized spacial score (nSPS) is 12.1. The minimum absolute atomic E-state index is 0.0385. The average molecular weight is 439 g/mol. The smallest absolute Gasteiger partial charge is 0.324 e. The number of carbonyl (C=O) groups excluding carboxylic acids is 2. The number of anilines is 1. The van der Waals surface area contributed by atoms with Gasteiger partial charge >= 0.3 is 11.7 Å². The third-order valence-electron chi connectivity index (χ3n) is 3.79. The first-order valence-corrected chi connectivity index (χ1v) is 9.97. The van der Waals surface area contributed by atoms with Crippen LogP contribution in [-0.4, -0.2) is 37.9 Å². The molecule has 0 aromatic heterocycles. The highest BCUT2D eigenvalue weighted by Gasteiger charge is 2.24. The number of nitrogens with zero attached hydrogens (tertiary/aromatic N) is 1. The van der Waals surface area contributed by atoms with Crippen molar-refractivity contribution in [1.82, 2.24) is 4.72 Å². The Morgan fingerprint density at radius 1 is 1.20 bits per heavy atom. The van der Waals surface area contributed by atoms with E-state index in [0.717, 1.165) is 23.8 Å². The van der Waals surface area contributed by atoms with Gasteiger partial charge in [0.1, 0.15) is 6.04 Å². The Balaban J connectivity index is 1.91. The van der Waals surface area contributed by atoms with E-state index in [1.807, 2.05) is 0 Å². The highest BCUT2D eigenvalue weighted by molar-refractivity contribution is 7.89. The molecule has 2 aromatic rings. The van der Waals surface area contributed by atoms with E-state index in [0.29, 0.717) is 0 Å². The number of hydrogen-bond donors (Lipinski definition) is 2. The van der Waals surface area contributed by atoms with Gasteiger partial charge in [0.25, 0.3) is 5.91 Å². The summed E-state index contributed by atoms with van der Waals surface area (Å²) in [6, 6.07) is 7.39. The largest absolute Gasteiger partial charge is 0.454 e. The van der Waals surface area contributed by atoms with Gasteiger partial charge in [0.15, 0.2) is 6.61 Å². The number of carbonyl (C=O) groups is 2. The summed E-state index contributed by atoms with van der Waals surface area (Å²) in [6.07, 6.45) is 0. The Bertz CT molecular complexity index is 1070. The summed E-state index contributed by atoms with van der Waals surface area (Å²) in [5.41, 5.74) is -0.0416. The lowest BCUT2D eigenvalue weighted by molar-refractivity contribution is -0.387. The van der Waals surface area contributed by atoms with Crippen LogP contribution >= 0.6 is 0 Å². The summed E-state index contributed by atoms with van der Waals surface area (Å²) < 4.78 is 44.7. The van der Waals surface area contributed by atoms with Gasteiger partial charge in [-0.05, 0) is 38.1 Å². The van der Waals surface area contributed by atoms with Gasteiger partial charge in [-0.15, -0.1) is 0 Å². The number of nitro groups is 1. The number of sulfonamides is 1. The van der Waals surface area contributed by atoms with Crippen LogP contribution in [0.4, 0.5) is 15.8 Å². The van der Waals surface area contributed by atoms with Gasteiger partial charge in [0, 0.05) is 11.8 Å². The highest BCUT2D eigenvalue weighted by atomic mass is 32.2. The predicted molar refractivity (Wildman–Crippen MR) is 104 cm³/mol. The molecule has 1 amide bonds. The molecule has 0 heterocycles. The van der Waals surface area contributed by atoms with Gasteiger partial charge in [-0.25, -0.2) is 8.42 Å². The fraction of sp³-hybridized carbons (Fsp3) is 0.222. The van der Waals surface area contributed by atoms with Crippen molar-refractivity contribution in [2.45, 2.75) is 24.8 Å². The van der Waals surface area contributed by atoms with Gasteiger partial charge in [-0.2, -0.15) is 9.11 Å². The molecule has 0 aliphatic carbocycles. The SMILES string of the molecule is Cc1ccc(S(=O)(=O)N[C@H](C)C(=O)OCC(=O)Nc2ccc(F)c([N+](=O)[O-])c2)cc1. The van der Waals surface area contributed by atoms with Gasteiger partial charge in [0.05, 0.1) is 9.82 Å². The van der Waals surface area contributed by atoms with Crippen LogP contribution in [0.15, 0.2) is 47.4 Å². The van der Waals surface area contributed by atoms with E-state index in [1.165, 1.54) is 19.1 Å². The number of amides is 1. The summed E-state index contributed by atoms with van der Waals surface area (Å²) in [5, 5.41) is 12.9. The number of nitro benzene ring substituents is 1. The molecule has 1 atom stereocenters. The number of benzene rings is 2. The van der Waals surface area contributed by atoms with Crippen molar-refractivity contribution >= 4 is 33.3 Å². The zero-order valence-electron chi connectivity index (χ0n) is 15.9. The van der Waals surface area contributed by atoms with Crippen LogP contribution < -0.4 is 10.0 Å². The number of hydrogen-bond acceptors (Lipinski definition) is 7. The van der Waals surface area contributed by atoms with Crippen LogP contribution in [0.3, 0.4) is 0 Å². The predicted octanol–water partition coefficient (Wildman–Crippen LogP) is 1.89. The minimum Gasteiger partial charge on any atom is -0.454 e. The van der Waals surface area contributed by atoms with Gasteiger partial charge < -0.3 is 10.1 Å². The summed E-state index contributed by atoms with van der Waals surface area (Å²) in [4.78, 5) is 33.6. The van der Waals surface area contributed by atoms with Crippen LogP contribution in [0.25, 0.3) is 0 Å². The third kappa shape index (κ3) is 6.06. The summed E-state index contributed by atoms with van der Waals surface area (Å²) >= 11 is 0. The zero-order valence-corrected chi connectivity index (χ0v) is 16.7. The molecule has 12 heteroatoms. The third-order valence-corrected chi connectivity index (χ3v) is 5.35. The molecule has 0 radical (unpaired) electrons. The summed E-state index contributed by atoms with van der Waals surface area (Å²) in [6.45, 7) is 2.26. The maximum atomic E-state index is 13.3. The first-order valence-electron chi connectivity index (χ1n) is 8.49. The van der Waals surface area contributed by atoms with Gasteiger partial charge in [-0.1, -0.05) is 17.7 Å². The second-order valence-electron chi connectivity index (χ2n) is 6.24. The molecule has 0 saturated heterocycles. The van der Waals surface area contributed by atoms with E-state index in [2.05, 4.69) is 10.0 Å². The molecule has 0 aliphatic rings. The molecular weight excluding hydrogens is 421 g/mol. The molecule has 0 spiro atoms. The van der Waals surface area contributed by atoms with E-state index in [1.54, 1.807) is 19.1 Å². The monoisotopic (exact) mass is 439 g/mol. The average Bonchev–Trinajstić information content (AvgIpc) is 2.67. The molecule has 10 nitrogen and oxygen atoms in total. The maximum absolute atomic E-state index is 13.3. The standard InChI is InChI=1S/C18H18FN3O7S/c1-11-3-6-14(7-4-11)30(27,28)21-12(2)18(24)29-10-17(23)20-13-5-8-15(19)16(9-13)22(25)26/h3-9,12,21H,10H2,1-2H3,(H,20,23)/t12-/m1/s1. The number of aryl methyl sites for hydroxylation is 1. The van der Waals surface area contributed by atoms with Crippen LogP contribution in [0.1, 0.15) is 12.5 Å². The lowest BCUT2D eigenvalue weighted by Crippen LogP contribution is -2.40. The molecule has 2 rings (SSSR count). The van der Waals surface area contributed by atoms with Crippen molar-refractivity contribution in [1.29, 1.82) is 0 Å². The number of esters is 1. The van der Waals surface area contributed by atoms with Crippen molar-refractivity contribution in [3.05, 3.63) is 64.0 Å². The van der Waals surface area contributed by atoms with Crippen LogP contribution in [0, 0.1) is 22.9 Å². The first kappa shape index (κ1) is 22.9. The second kappa shape index (κ2) is 9.41. The van der Waals surface area contributed by atoms with E-state index in [9.17, 15) is 32.5 Å². The molecule has 160 valence electrons. The van der Waals surface area contributed by atoms with Crippen molar-refractivity contribution in [2.75, 3.05) is 11.9 Å². The Morgan fingerprint density at radius 3 is 2.43 bits per heavy atom. The summed E-state index contributed by atoms with van der Waals surface area (Å²) in [5.74, 6) is -2.93. The van der Waals surface area contributed by atoms with Crippen molar-refractivity contribution in [2.24, 2.45) is 0 Å². The van der Waals surface area contributed by atoms with Crippen LogP contribution in [0.2, 0.25) is 0 Å². The minimum atomic E-state index is -3.98. The van der Waals surface area contributed by atoms with Gasteiger partial charge in [0.2, 0.25) is 15.8 Å². The molecule has 30 heavy (non-hydrogen) atoms. The lowest BCUT2D eigenvalue weighted by atomic mass is 10.2. The van der Waals surface area contributed by atoms with E-state index >= 15 is 0 Å². The fourth-order valence-electron chi connectivity index (χ4n) is 2.26. The Hall–Kier alpha value is -3.38. The molecule has 0 saturated carbocycles. The van der Waals surface area contributed by atoms with Crippen molar-refractivity contribution in [3.8, 4) is 0 Å². The topological polar surface area (TPSA) is 145 Å². The molecule has 0 bridgehead atoms. The van der Waals surface area contributed by atoms with Crippen LogP contribution in [0.5, 0.6) is 0 Å². The van der Waals surface area contributed by atoms with Crippen molar-refractivity contribution in [3.63, 3.8) is 0 Å². The van der Waals surface area contributed by atoms with Crippen LogP contribution in [-0.2, 0) is 24.3 Å². The molecular formula is C18H18FN3O7S. The molecule has 0 aliphatic heterocycles. The molecule has 2 N–H and O–H groups in total. The highest BCUT2D eigenvalue weighted by Crippen LogP contribution is 2.21. The van der Waals surface area contributed by atoms with E-state index < -0.39 is 51.0 Å². The number of rotatable bonds is 8. The Labute approximate surface area is 171 Å². The second-order valence-corrected chi connectivity index (χ2v) is 7.95. The van der Waals surface area contributed by atoms with E-state index in [-0.39, 0.29) is 10.6 Å².